The van der Waals surface area contributed by atoms with Gasteiger partial charge in [-0.3, -0.25) is 10.1 Å². The quantitative estimate of drug-likeness (QED) is 0.513. The molecule has 0 aromatic heterocycles. The first-order valence-corrected chi connectivity index (χ1v) is 9.84. The van der Waals surface area contributed by atoms with E-state index in [-0.39, 0.29) is 23.6 Å². The van der Waals surface area contributed by atoms with E-state index in [0.717, 1.165) is 18.5 Å². The molecule has 1 heterocycles. The van der Waals surface area contributed by atoms with Crippen LogP contribution in [-0.4, -0.2) is 54.3 Å². The molecule has 1 aromatic rings. The lowest BCUT2D eigenvalue weighted by atomic mass is 10.0. The average Bonchev–Trinajstić information content (AvgIpc) is 2.66. The normalized spacial score (nSPS) is 15.0. The number of anilines is 1. The third kappa shape index (κ3) is 5.40. The summed E-state index contributed by atoms with van der Waals surface area (Å²) in [7, 11) is 1.42. The van der Waals surface area contributed by atoms with Crippen molar-refractivity contribution in [3.63, 3.8) is 0 Å². The molecule has 0 spiro atoms. The molecule has 1 fully saturated rings. The highest BCUT2D eigenvalue weighted by molar-refractivity contribution is 5.73. The van der Waals surface area contributed by atoms with Crippen molar-refractivity contribution in [2.45, 2.75) is 52.2 Å². The minimum Gasteiger partial charge on any atom is -0.490 e. The first-order chi connectivity index (χ1) is 13.6. The van der Waals surface area contributed by atoms with Gasteiger partial charge in [0, 0.05) is 49.1 Å². The lowest BCUT2D eigenvalue weighted by molar-refractivity contribution is -0.385. The molecule has 1 saturated heterocycles. The first kappa shape index (κ1) is 22.5. The molecule has 160 valence electrons. The van der Waals surface area contributed by atoms with Gasteiger partial charge in [-0.25, -0.2) is 4.79 Å². The Hall–Kier alpha value is -2.77. The fourth-order valence-corrected chi connectivity index (χ4v) is 3.59. The highest BCUT2D eigenvalue weighted by atomic mass is 16.6. The molecular weight excluding hydrogens is 374 g/mol. The predicted molar refractivity (Wildman–Crippen MR) is 114 cm³/mol. The zero-order valence-electron chi connectivity index (χ0n) is 17.9. The number of hydrogen-bond donors (Lipinski definition) is 0. The Balaban J connectivity index is 2.17. The number of carbonyl (C=O) groups excluding carboxylic acids is 1. The van der Waals surface area contributed by atoms with E-state index < -0.39 is 10.5 Å². The van der Waals surface area contributed by atoms with Gasteiger partial charge >= 0.3 is 11.8 Å². The van der Waals surface area contributed by atoms with Crippen LogP contribution in [0.25, 0.3) is 6.08 Å². The second-order valence-electron chi connectivity index (χ2n) is 8.03. The maximum Gasteiger partial charge on any atom is 0.410 e. The second kappa shape index (κ2) is 9.15. The third-order valence-corrected chi connectivity index (χ3v) is 4.96. The Morgan fingerprint density at radius 3 is 2.45 bits per heavy atom. The molecule has 1 aliphatic heterocycles. The minimum absolute atomic E-state index is 0.0804. The molecular formula is C21H31N3O5. The number of amides is 1. The number of nitro benzene ring substituents is 1. The van der Waals surface area contributed by atoms with Crippen molar-refractivity contribution in [3.8, 4) is 5.75 Å². The summed E-state index contributed by atoms with van der Waals surface area (Å²) >= 11 is 0. The summed E-state index contributed by atoms with van der Waals surface area (Å²) in [4.78, 5) is 27.3. The van der Waals surface area contributed by atoms with Gasteiger partial charge < -0.3 is 19.3 Å². The summed E-state index contributed by atoms with van der Waals surface area (Å²) in [5.74, 6) is 0.224. The zero-order chi connectivity index (χ0) is 21.8. The fourth-order valence-electron chi connectivity index (χ4n) is 3.59. The van der Waals surface area contributed by atoms with Crippen LogP contribution in [0.2, 0.25) is 0 Å². The van der Waals surface area contributed by atoms with Crippen LogP contribution in [0.3, 0.4) is 0 Å². The maximum absolute atomic E-state index is 12.5. The number of benzene rings is 1. The van der Waals surface area contributed by atoms with Gasteiger partial charge in [-0.05, 0) is 40.5 Å². The van der Waals surface area contributed by atoms with E-state index in [9.17, 15) is 14.9 Å². The van der Waals surface area contributed by atoms with Crippen LogP contribution in [-0.2, 0) is 4.74 Å². The van der Waals surface area contributed by atoms with E-state index in [1.54, 1.807) is 17.0 Å². The van der Waals surface area contributed by atoms with Crippen molar-refractivity contribution < 1.29 is 19.2 Å². The molecule has 8 nitrogen and oxygen atoms in total. The van der Waals surface area contributed by atoms with Crippen LogP contribution in [0, 0.1) is 10.1 Å². The van der Waals surface area contributed by atoms with E-state index in [0.29, 0.717) is 25.2 Å². The minimum atomic E-state index is -0.528. The van der Waals surface area contributed by atoms with Gasteiger partial charge in [-0.15, -0.1) is 0 Å². The molecule has 1 amide bonds. The zero-order valence-corrected chi connectivity index (χ0v) is 17.9. The smallest absolute Gasteiger partial charge is 0.410 e. The van der Waals surface area contributed by atoms with Crippen LogP contribution < -0.4 is 9.64 Å². The molecule has 0 bridgehead atoms. The van der Waals surface area contributed by atoms with Crippen molar-refractivity contribution >= 4 is 23.5 Å². The number of methoxy groups -OCH3 is 1. The summed E-state index contributed by atoms with van der Waals surface area (Å²) < 4.78 is 10.8. The van der Waals surface area contributed by atoms with Gasteiger partial charge in [0.25, 0.3) is 0 Å². The summed E-state index contributed by atoms with van der Waals surface area (Å²) in [5.41, 5.74) is 0.930. The van der Waals surface area contributed by atoms with Crippen molar-refractivity contribution in [2.24, 2.45) is 0 Å². The van der Waals surface area contributed by atoms with Crippen LogP contribution in [0.15, 0.2) is 18.7 Å². The van der Waals surface area contributed by atoms with Gasteiger partial charge in [0.05, 0.1) is 12.0 Å². The maximum atomic E-state index is 12.5. The molecule has 0 atom stereocenters. The summed E-state index contributed by atoms with van der Waals surface area (Å²) in [6.45, 7) is 13.3. The predicted octanol–water partition coefficient (Wildman–Crippen LogP) is 4.47. The molecule has 0 aliphatic carbocycles. The summed E-state index contributed by atoms with van der Waals surface area (Å²) in [6, 6.07) is 3.28. The van der Waals surface area contributed by atoms with Crippen LogP contribution in [0.4, 0.5) is 16.2 Å². The topological polar surface area (TPSA) is 85.2 Å². The lowest BCUT2D eigenvalue weighted by Crippen LogP contribution is -2.49. The second-order valence-corrected chi connectivity index (χ2v) is 8.03. The van der Waals surface area contributed by atoms with Crippen LogP contribution in [0.5, 0.6) is 5.75 Å². The Morgan fingerprint density at radius 2 is 2.00 bits per heavy atom. The Morgan fingerprint density at radius 1 is 1.38 bits per heavy atom. The van der Waals surface area contributed by atoms with Gasteiger partial charge in [0.2, 0.25) is 0 Å². The average molecular weight is 405 g/mol. The number of carbonyl (C=O) groups is 1. The molecule has 1 aliphatic rings. The molecule has 0 saturated carbocycles. The highest BCUT2D eigenvalue weighted by Crippen LogP contribution is 2.37. The molecule has 0 unspecified atom stereocenters. The van der Waals surface area contributed by atoms with E-state index >= 15 is 0 Å². The third-order valence-electron chi connectivity index (χ3n) is 4.96. The van der Waals surface area contributed by atoms with E-state index in [4.69, 9.17) is 9.47 Å². The van der Waals surface area contributed by atoms with Gasteiger partial charge in [-0.2, -0.15) is 0 Å². The largest absolute Gasteiger partial charge is 0.490 e. The Bertz CT molecular complexity index is 764. The number of nitrogens with zero attached hydrogens (tertiary/aromatic N) is 3. The lowest BCUT2D eigenvalue weighted by Gasteiger charge is -2.39. The molecule has 8 heteroatoms. The SMILES string of the molecule is C=Cc1cc([N+](=O)[O-])c(OC)cc1N1CCC(N(CC)C(=O)OC(C)(C)C)CC1. The van der Waals surface area contributed by atoms with Crippen LogP contribution in [0.1, 0.15) is 46.1 Å². The number of ether oxygens (including phenoxy) is 2. The van der Waals surface area contributed by atoms with Crippen molar-refractivity contribution in [3.05, 3.63) is 34.4 Å². The van der Waals surface area contributed by atoms with E-state index in [1.165, 1.54) is 13.2 Å². The van der Waals surface area contributed by atoms with Gasteiger partial charge in [0.15, 0.2) is 5.75 Å². The first-order valence-electron chi connectivity index (χ1n) is 9.84. The highest BCUT2D eigenvalue weighted by Gasteiger charge is 2.31. The van der Waals surface area contributed by atoms with Gasteiger partial charge in [0.1, 0.15) is 5.60 Å². The van der Waals surface area contributed by atoms with Gasteiger partial charge in [-0.1, -0.05) is 12.7 Å². The molecule has 0 radical (unpaired) electrons. The molecule has 29 heavy (non-hydrogen) atoms. The number of hydrogen-bond acceptors (Lipinski definition) is 6. The molecule has 2 rings (SSSR count). The summed E-state index contributed by atoms with van der Waals surface area (Å²) in [6.07, 6.45) is 2.89. The van der Waals surface area contributed by atoms with Crippen molar-refractivity contribution in [1.82, 2.24) is 4.90 Å². The van der Waals surface area contributed by atoms with Crippen molar-refractivity contribution in [1.29, 1.82) is 0 Å². The standard InChI is InChI=1S/C21H31N3O5/c1-7-15-13-18(24(26)27)19(28-6)14-17(15)22-11-9-16(10-12-22)23(8-2)20(25)29-21(3,4)5/h7,13-14,16H,1,8-12H2,2-6H3. The van der Waals surface area contributed by atoms with E-state index in [1.807, 2.05) is 27.7 Å². The fraction of sp³-hybridized carbons (Fsp3) is 0.571. The number of piperidine rings is 1. The Kier molecular flexibility index (Phi) is 7.11. The van der Waals surface area contributed by atoms with E-state index in [2.05, 4.69) is 11.5 Å². The van der Waals surface area contributed by atoms with Crippen molar-refractivity contribution in [2.75, 3.05) is 31.6 Å². The monoisotopic (exact) mass is 405 g/mol. The van der Waals surface area contributed by atoms with Crippen LogP contribution >= 0.6 is 0 Å². The number of rotatable bonds is 6. The Labute approximate surface area is 172 Å². The molecule has 0 N–H and O–H groups in total. The number of nitro groups is 1. The molecule has 1 aromatic carbocycles. The summed E-state index contributed by atoms with van der Waals surface area (Å²) in [5, 5.41) is 11.3.